The molecule has 0 amide bonds. The Morgan fingerprint density at radius 2 is 1.45 bits per heavy atom. The van der Waals surface area contributed by atoms with E-state index >= 15 is 0 Å². The molecule has 0 saturated carbocycles. The summed E-state index contributed by atoms with van der Waals surface area (Å²) in [6.45, 7) is 12.5. The van der Waals surface area contributed by atoms with Gasteiger partial charge in [0.15, 0.2) is 0 Å². The molecule has 0 aliphatic carbocycles. The smallest absolute Gasteiger partial charge is 0.334 e. The molecule has 0 rings (SSSR count). The molecule has 132 valence electrons. The van der Waals surface area contributed by atoms with Gasteiger partial charge >= 0.3 is 8.56 Å². The first kappa shape index (κ1) is 21.8. The van der Waals surface area contributed by atoms with Gasteiger partial charge in [0.2, 0.25) is 0 Å². The van der Waals surface area contributed by atoms with Gasteiger partial charge in [-0.25, -0.2) is 0 Å². The Morgan fingerprint density at radius 3 is 1.82 bits per heavy atom. The van der Waals surface area contributed by atoms with E-state index < -0.39 is 22.3 Å². The van der Waals surface area contributed by atoms with Crippen molar-refractivity contribution >= 4 is 22.8 Å². The van der Waals surface area contributed by atoms with Gasteiger partial charge in [-0.15, -0.1) is 0 Å². The zero-order chi connectivity index (χ0) is 17.4. The van der Waals surface area contributed by atoms with E-state index in [1.807, 2.05) is 13.8 Å². The van der Waals surface area contributed by atoms with Crippen molar-refractivity contribution in [3.05, 3.63) is 0 Å². The molecule has 0 unspecified atom stereocenters. The molecular formula is C16H36O4Si2. The van der Waals surface area contributed by atoms with E-state index in [-0.39, 0.29) is 5.97 Å². The average molecular weight is 349 g/mol. The largest absolute Gasteiger partial charge is 0.519 e. The quantitative estimate of drug-likeness (QED) is 0.507. The van der Waals surface area contributed by atoms with Crippen LogP contribution in [0.15, 0.2) is 0 Å². The van der Waals surface area contributed by atoms with Gasteiger partial charge in [-0.1, -0.05) is 27.2 Å². The summed E-state index contributed by atoms with van der Waals surface area (Å²) in [5.74, 6) is -0.0251. The zero-order valence-corrected chi connectivity index (χ0v) is 17.9. The predicted molar refractivity (Wildman–Crippen MR) is 96.7 cm³/mol. The van der Waals surface area contributed by atoms with Crippen LogP contribution in [0.4, 0.5) is 0 Å². The lowest BCUT2D eigenvalue weighted by Crippen LogP contribution is -2.42. The van der Waals surface area contributed by atoms with E-state index in [9.17, 15) is 4.79 Å². The van der Waals surface area contributed by atoms with Crippen LogP contribution < -0.4 is 0 Å². The van der Waals surface area contributed by atoms with Crippen LogP contribution in [0.25, 0.3) is 0 Å². The van der Waals surface area contributed by atoms with Crippen LogP contribution in [0.2, 0.25) is 30.7 Å². The van der Waals surface area contributed by atoms with Crippen LogP contribution in [0, 0.1) is 5.41 Å². The van der Waals surface area contributed by atoms with E-state index in [0.29, 0.717) is 0 Å². The van der Waals surface area contributed by atoms with Crippen molar-refractivity contribution in [2.24, 2.45) is 5.41 Å². The average Bonchev–Trinajstić information content (AvgIpc) is 2.52. The van der Waals surface area contributed by atoms with E-state index in [1.54, 1.807) is 14.2 Å². The van der Waals surface area contributed by atoms with Gasteiger partial charge in [0.05, 0.1) is 5.41 Å². The van der Waals surface area contributed by atoms with Crippen molar-refractivity contribution in [1.29, 1.82) is 0 Å². The summed E-state index contributed by atoms with van der Waals surface area (Å²) in [6.07, 6.45) is 1.73. The van der Waals surface area contributed by atoms with Crippen LogP contribution in [0.5, 0.6) is 0 Å². The normalized spacial score (nSPS) is 13.3. The van der Waals surface area contributed by atoms with Gasteiger partial charge in [-0.05, 0) is 51.0 Å². The number of hydrogen-bond donors (Lipinski definition) is 0. The van der Waals surface area contributed by atoms with Crippen molar-refractivity contribution in [2.45, 2.75) is 78.2 Å². The standard InChI is InChI=1S/C16H36O4Si2/c1-9-22(10-2,11-3)20-15(17)16(4,5)13-12-14-21(8,18-6)19-7/h9-14H2,1-8H3. The SMILES string of the molecule is CC[Si](CC)(CC)OC(=O)C(C)(C)CCC[Si](C)(OC)OC. The molecule has 0 fully saturated rings. The summed E-state index contributed by atoms with van der Waals surface area (Å²) in [6, 6.07) is 3.90. The second kappa shape index (κ2) is 9.20. The molecule has 0 heterocycles. The maximum Gasteiger partial charge on any atom is 0.334 e. The van der Waals surface area contributed by atoms with E-state index in [0.717, 1.165) is 37.0 Å². The van der Waals surface area contributed by atoms with Crippen molar-refractivity contribution in [2.75, 3.05) is 14.2 Å². The van der Waals surface area contributed by atoms with Crippen LogP contribution in [-0.2, 0) is 18.1 Å². The van der Waals surface area contributed by atoms with Crippen molar-refractivity contribution in [3.63, 3.8) is 0 Å². The van der Waals surface area contributed by atoms with Gasteiger partial charge in [0, 0.05) is 14.2 Å². The Morgan fingerprint density at radius 1 is 1.00 bits per heavy atom. The highest BCUT2D eigenvalue weighted by Crippen LogP contribution is 2.31. The third-order valence-corrected chi connectivity index (χ3v) is 12.6. The first-order valence-electron chi connectivity index (χ1n) is 8.48. The second-order valence-corrected chi connectivity index (χ2v) is 15.2. The lowest BCUT2D eigenvalue weighted by Gasteiger charge is -2.33. The highest BCUT2D eigenvalue weighted by atomic mass is 28.4. The minimum Gasteiger partial charge on any atom is -0.519 e. The predicted octanol–water partition coefficient (Wildman–Crippen LogP) is 4.71. The molecule has 0 radical (unpaired) electrons. The Balaban J connectivity index is 4.64. The van der Waals surface area contributed by atoms with E-state index in [4.69, 9.17) is 13.3 Å². The number of rotatable bonds is 11. The van der Waals surface area contributed by atoms with Crippen LogP contribution in [0.1, 0.15) is 47.5 Å². The molecule has 0 saturated heterocycles. The molecular weight excluding hydrogens is 312 g/mol. The summed E-state index contributed by atoms with van der Waals surface area (Å²) < 4.78 is 17.0. The Hall–Kier alpha value is -0.176. The topological polar surface area (TPSA) is 44.8 Å². The Labute approximate surface area is 139 Å². The van der Waals surface area contributed by atoms with Crippen molar-refractivity contribution in [1.82, 2.24) is 0 Å². The fourth-order valence-electron chi connectivity index (χ4n) is 2.54. The first-order chi connectivity index (χ1) is 10.1. The van der Waals surface area contributed by atoms with E-state index in [2.05, 4.69) is 27.3 Å². The molecule has 0 aromatic heterocycles. The van der Waals surface area contributed by atoms with Gasteiger partial charge in [-0.2, -0.15) is 0 Å². The Bertz CT molecular complexity index is 329. The summed E-state index contributed by atoms with van der Waals surface area (Å²) in [7, 11) is -0.499. The van der Waals surface area contributed by atoms with Gasteiger partial charge in [-0.3, -0.25) is 4.79 Å². The third kappa shape index (κ3) is 6.14. The molecule has 0 spiro atoms. The van der Waals surface area contributed by atoms with Crippen LogP contribution in [0.3, 0.4) is 0 Å². The molecule has 0 aromatic rings. The van der Waals surface area contributed by atoms with Crippen molar-refractivity contribution < 1.29 is 18.1 Å². The molecule has 0 bridgehead atoms. The van der Waals surface area contributed by atoms with Crippen LogP contribution >= 0.6 is 0 Å². The Kier molecular flexibility index (Phi) is 9.13. The summed E-state index contributed by atoms with van der Waals surface area (Å²) in [5.41, 5.74) is -0.436. The second-order valence-electron chi connectivity index (χ2n) is 6.91. The number of carbonyl (C=O) groups is 1. The first-order valence-corrected chi connectivity index (χ1v) is 13.5. The monoisotopic (exact) mass is 348 g/mol. The summed E-state index contributed by atoms with van der Waals surface area (Å²) in [4.78, 5) is 12.6. The maximum atomic E-state index is 12.6. The van der Waals surface area contributed by atoms with Gasteiger partial charge < -0.3 is 13.3 Å². The molecule has 0 aliphatic heterocycles. The maximum absolute atomic E-state index is 12.6. The minimum absolute atomic E-state index is 0.0251. The number of carbonyl (C=O) groups excluding carboxylic acids is 1. The molecule has 0 N–H and O–H groups in total. The molecule has 6 heteroatoms. The van der Waals surface area contributed by atoms with Crippen molar-refractivity contribution in [3.8, 4) is 0 Å². The van der Waals surface area contributed by atoms with Crippen LogP contribution in [-0.4, -0.2) is 37.1 Å². The lowest BCUT2D eigenvalue weighted by molar-refractivity contribution is -0.145. The fraction of sp³-hybridized carbons (Fsp3) is 0.938. The van der Waals surface area contributed by atoms with Gasteiger partial charge in [0.25, 0.3) is 14.3 Å². The number of hydrogen-bond acceptors (Lipinski definition) is 4. The zero-order valence-electron chi connectivity index (χ0n) is 15.9. The fourth-order valence-corrected chi connectivity index (χ4v) is 6.54. The third-order valence-electron chi connectivity index (χ3n) is 5.09. The highest BCUT2D eigenvalue weighted by Gasteiger charge is 2.39. The molecule has 0 aromatic carbocycles. The highest BCUT2D eigenvalue weighted by molar-refractivity contribution is 6.75. The lowest BCUT2D eigenvalue weighted by atomic mass is 9.88. The minimum atomic E-state index is -2.04. The molecule has 22 heavy (non-hydrogen) atoms. The summed E-state index contributed by atoms with van der Waals surface area (Å²) in [5, 5.41) is 0. The van der Waals surface area contributed by atoms with Gasteiger partial charge in [0.1, 0.15) is 0 Å². The molecule has 4 nitrogen and oxygen atoms in total. The molecule has 0 atom stereocenters. The van der Waals surface area contributed by atoms with E-state index in [1.165, 1.54) is 0 Å². The molecule has 0 aliphatic rings. The summed E-state index contributed by atoms with van der Waals surface area (Å²) >= 11 is 0.